The van der Waals surface area contributed by atoms with Gasteiger partial charge in [0.25, 0.3) is 0 Å². The number of rotatable bonds is 3. The molecule has 96 valence electrons. The smallest absolute Gasteiger partial charge is 0.225 e. The number of carbonyl (C=O) groups excluding carboxylic acids is 1. The van der Waals surface area contributed by atoms with Crippen molar-refractivity contribution in [1.29, 1.82) is 0 Å². The Hall–Kier alpha value is -1.65. The predicted octanol–water partition coefficient (Wildman–Crippen LogP) is 0.972. The third-order valence-corrected chi connectivity index (χ3v) is 3.55. The van der Waals surface area contributed by atoms with Gasteiger partial charge in [0.1, 0.15) is 0 Å². The van der Waals surface area contributed by atoms with E-state index in [0.717, 1.165) is 44.7 Å². The van der Waals surface area contributed by atoms with Gasteiger partial charge in [-0.3, -0.25) is 4.79 Å². The topological polar surface area (TPSA) is 58.1 Å². The molecule has 0 spiro atoms. The Labute approximate surface area is 107 Å². The maximum Gasteiger partial charge on any atom is 0.225 e. The standard InChI is InChI=1S/C13H18N4O/c18-12(10-4-5-10)16-11-3-1-8-17(9-11)13-14-6-2-7-15-13/h2,6-7,10-11H,1,3-5,8-9H2,(H,16,18). The second-order valence-corrected chi connectivity index (χ2v) is 5.12. The van der Waals surface area contributed by atoms with Crippen LogP contribution in [0.15, 0.2) is 18.5 Å². The van der Waals surface area contributed by atoms with Crippen LogP contribution in [-0.2, 0) is 4.79 Å². The molecule has 1 saturated heterocycles. The molecule has 5 nitrogen and oxygen atoms in total. The van der Waals surface area contributed by atoms with Crippen LogP contribution in [0.2, 0.25) is 0 Å². The molecule has 2 heterocycles. The predicted molar refractivity (Wildman–Crippen MR) is 68.1 cm³/mol. The number of anilines is 1. The molecular weight excluding hydrogens is 228 g/mol. The van der Waals surface area contributed by atoms with Crippen molar-refractivity contribution in [2.45, 2.75) is 31.7 Å². The molecule has 1 atom stereocenters. The maximum atomic E-state index is 11.8. The van der Waals surface area contributed by atoms with Crippen molar-refractivity contribution in [2.75, 3.05) is 18.0 Å². The first-order valence-corrected chi connectivity index (χ1v) is 6.65. The van der Waals surface area contributed by atoms with Gasteiger partial charge in [-0.2, -0.15) is 0 Å². The molecule has 18 heavy (non-hydrogen) atoms. The number of hydrogen-bond acceptors (Lipinski definition) is 4. The van der Waals surface area contributed by atoms with E-state index in [2.05, 4.69) is 20.2 Å². The van der Waals surface area contributed by atoms with Crippen LogP contribution in [0.4, 0.5) is 5.95 Å². The zero-order valence-electron chi connectivity index (χ0n) is 10.4. The number of amides is 1. The molecule has 1 N–H and O–H groups in total. The first kappa shape index (κ1) is 11.4. The highest BCUT2D eigenvalue weighted by atomic mass is 16.2. The van der Waals surface area contributed by atoms with Gasteiger partial charge >= 0.3 is 0 Å². The Morgan fingerprint density at radius 3 is 2.78 bits per heavy atom. The molecule has 0 radical (unpaired) electrons. The highest BCUT2D eigenvalue weighted by Gasteiger charge is 2.32. The van der Waals surface area contributed by atoms with E-state index in [4.69, 9.17) is 0 Å². The summed E-state index contributed by atoms with van der Waals surface area (Å²) in [5.41, 5.74) is 0. The van der Waals surface area contributed by atoms with Crippen LogP contribution in [0.5, 0.6) is 0 Å². The first-order valence-electron chi connectivity index (χ1n) is 6.65. The summed E-state index contributed by atoms with van der Waals surface area (Å²) in [6.45, 7) is 1.79. The lowest BCUT2D eigenvalue weighted by atomic mass is 10.1. The lowest BCUT2D eigenvalue weighted by Crippen LogP contribution is -2.48. The minimum atomic E-state index is 0.232. The highest BCUT2D eigenvalue weighted by Crippen LogP contribution is 2.29. The molecule has 2 fully saturated rings. The van der Waals surface area contributed by atoms with E-state index in [1.54, 1.807) is 12.4 Å². The monoisotopic (exact) mass is 246 g/mol. The second-order valence-electron chi connectivity index (χ2n) is 5.12. The molecule has 2 aliphatic rings. The lowest BCUT2D eigenvalue weighted by molar-refractivity contribution is -0.123. The zero-order chi connectivity index (χ0) is 12.4. The summed E-state index contributed by atoms with van der Waals surface area (Å²) < 4.78 is 0. The summed E-state index contributed by atoms with van der Waals surface area (Å²) in [5, 5.41) is 3.14. The average molecular weight is 246 g/mol. The third kappa shape index (κ3) is 2.60. The van der Waals surface area contributed by atoms with Crippen molar-refractivity contribution in [3.63, 3.8) is 0 Å². The van der Waals surface area contributed by atoms with Crippen LogP contribution in [0, 0.1) is 5.92 Å². The van der Waals surface area contributed by atoms with Crippen molar-refractivity contribution >= 4 is 11.9 Å². The van der Waals surface area contributed by atoms with Gasteiger partial charge in [0.05, 0.1) is 0 Å². The van der Waals surface area contributed by atoms with Gasteiger partial charge in [-0.25, -0.2) is 9.97 Å². The van der Waals surface area contributed by atoms with Crippen molar-refractivity contribution in [2.24, 2.45) is 5.92 Å². The molecule has 1 aliphatic carbocycles. The number of nitrogens with one attached hydrogen (secondary N) is 1. The van der Waals surface area contributed by atoms with E-state index in [1.807, 2.05) is 6.07 Å². The summed E-state index contributed by atoms with van der Waals surface area (Å²) in [5.74, 6) is 1.28. The fraction of sp³-hybridized carbons (Fsp3) is 0.615. The van der Waals surface area contributed by atoms with E-state index in [9.17, 15) is 4.79 Å². The quantitative estimate of drug-likeness (QED) is 0.863. The van der Waals surface area contributed by atoms with Gasteiger partial charge in [0.2, 0.25) is 11.9 Å². The molecule has 1 aromatic rings. The number of piperidine rings is 1. The molecule has 1 unspecified atom stereocenters. The molecule has 1 saturated carbocycles. The van der Waals surface area contributed by atoms with Crippen LogP contribution < -0.4 is 10.2 Å². The molecule has 1 amide bonds. The van der Waals surface area contributed by atoms with E-state index in [-0.39, 0.29) is 17.9 Å². The van der Waals surface area contributed by atoms with Crippen LogP contribution >= 0.6 is 0 Å². The lowest BCUT2D eigenvalue weighted by Gasteiger charge is -2.33. The van der Waals surface area contributed by atoms with Crippen molar-refractivity contribution < 1.29 is 4.79 Å². The van der Waals surface area contributed by atoms with Gasteiger partial charge in [-0.15, -0.1) is 0 Å². The Balaban J connectivity index is 1.59. The van der Waals surface area contributed by atoms with Gasteiger partial charge in [-0.1, -0.05) is 0 Å². The van der Waals surface area contributed by atoms with Crippen molar-refractivity contribution in [1.82, 2.24) is 15.3 Å². The number of carbonyl (C=O) groups is 1. The number of nitrogens with zero attached hydrogens (tertiary/aromatic N) is 3. The minimum absolute atomic E-state index is 0.232. The Kier molecular flexibility index (Phi) is 3.13. The van der Waals surface area contributed by atoms with E-state index >= 15 is 0 Å². The molecule has 5 heteroatoms. The van der Waals surface area contributed by atoms with Gasteiger partial charge in [0, 0.05) is 37.4 Å². The summed E-state index contributed by atoms with van der Waals surface area (Å²) in [4.78, 5) is 22.4. The molecule has 1 aliphatic heterocycles. The Bertz CT molecular complexity index is 418. The Morgan fingerprint density at radius 2 is 2.06 bits per heavy atom. The average Bonchev–Trinajstić information content (AvgIpc) is 3.24. The fourth-order valence-electron chi connectivity index (χ4n) is 2.40. The van der Waals surface area contributed by atoms with E-state index < -0.39 is 0 Å². The molecule has 3 rings (SSSR count). The summed E-state index contributed by atoms with van der Waals surface area (Å²) in [6.07, 6.45) is 7.77. The summed E-state index contributed by atoms with van der Waals surface area (Å²) in [6, 6.07) is 2.07. The Morgan fingerprint density at radius 1 is 1.28 bits per heavy atom. The van der Waals surface area contributed by atoms with Crippen LogP contribution in [0.25, 0.3) is 0 Å². The largest absolute Gasteiger partial charge is 0.351 e. The fourth-order valence-corrected chi connectivity index (χ4v) is 2.40. The third-order valence-electron chi connectivity index (χ3n) is 3.55. The minimum Gasteiger partial charge on any atom is -0.351 e. The number of aromatic nitrogens is 2. The van der Waals surface area contributed by atoms with Crippen LogP contribution in [-0.4, -0.2) is 35.0 Å². The van der Waals surface area contributed by atoms with Gasteiger partial charge in [0.15, 0.2) is 0 Å². The normalized spacial score (nSPS) is 23.8. The zero-order valence-corrected chi connectivity index (χ0v) is 10.4. The first-order chi connectivity index (χ1) is 8.83. The van der Waals surface area contributed by atoms with Crippen molar-refractivity contribution in [3.05, 3.63) is 18.5 Å². The second kappa shape index (κ2) is 4.92. The SMILES string of the molecule is O=C(NC1CCCN(c2ncccn2)C1)C1CC1. The van der Waals surface area contributed by atoms with Gasteiger partial charge in [-0.05, 0) is 31.7 Å². The van der Waals surface area contributed by atoms with Gasteiger partial charge < -0.3 is 10.2 Å². The summed E-state index contributed by atoms with van der Waals surface area (Å²) >= 11 is 0. The van der Waals surface area contributed by atoms with Crippen LogP contribution in [0.3, 0.4) is 0 Å². The molecule has 0 aromatic carbocycles. The highest BCUT2D eigenvalue weighted by molar-refractivity contribution is 5.81. The van der Waals surface area contributed by atoms with Crippen molar-refractivity contribution in [3.8, 4) is 0 Å². The summed E-state index contributed by atoms with van der Waals surface area (Å²) in [7, 11) is 0. The molecular formula is C13H18N4O. The maximum absolute atomic E-state index is 11.8. The molecule has 1 aromatic heterocycles. The van der Waals surface area contributed by atoms with E-state index in [1.165, 1.54) is 0 Å². The van der Waals surface area contributed by atoms with E-state index in [0.29, 0.717) is 0 Å². The van der Waals surface area contributed by atoms with Crippen LogP contribution in [0.1, 0.15) is 25.7 Å². The number of hydrogen-bond donors (Lipinski definition) is 1. The molecule has 0 bridgehead atoms.